The number of rotatable bonds is 3. The standard InChI is InChI=1S/C13H22N2O3/c1-3-14-6-4-11(5-7-14)15-9-10(8-12(15)16)13(17)18-2/h10-11H,3-9H2,1-2H3. The number of carbonyl (C=O) groups excluding carboxylic acids is 2. The van der Waals surface area contributed by atoms with Crippen LogP contribution < -0.4 is 0 Å². The zero-order valence-electron chi connectivity index (χ0n) is 11.2. The maximum absolute atomic E-state index is 12.0. The van der Waals surface area contributed by atoms with Gasteiger partial charge >= 0.3 is 5.97 Å². The number of ether oxygens (including phenoxy) is 1. The highest BCUT2D eigenvalue weighted by Gasteiger charge is 2.39. The van der Waals surface area contributed by atoms with Gasteiger partial charge < -0.3 is 14.5 Å². The van der Waals surface area contributed by atoms with Crippen molar-refractivity contribution in [3.05, 3.63) is 0 Å². The number of methoxy groups -OCH3 is 1. The highest BCUT2D eigenvalue weighted by atomic mass is 16.5. The molecule has 0 radical (unpaired) electrons. The molecule has 18 heavy (non-hydrogen) atoms. The Balaban J connectivity index is 1.90. The van der Waals surface area contributed by atoms with Crippen LogP contribution in [0.5, 0.6) is 0 Å². The van der Waals surface area contributed by atoms with Crippen LogP contribution in [0, 0.1) is 5.92 Å². The van der Waals surface area contributed by atoms with E-state index in [9.17, 15) is 9.59 Å². The topological polar surface area (TPSA) is 49.9 Å². The summed E-state index contributed by atoms with van der Waals surface area (Å²) < 4.78 is 4.73. The van der Waals surface area contributed by atoms with E-state index in [1.54, 1.807) is 0 Å². The Morgan fingerprint density at radius 2 is 2.06 bits per heavy atom. The second-order valence-electron chi connectivity index (χ2n) is 5.14. The first kappa shape index (κ1) is 13.3. The molecule has 0 aromatic rings. The van der Waals surface area contributed by atoms with Gasteiger partial charge in [-0.05, 0) is 19.4 Å². The number of nitrogens with zero attached hydrogens (tertiary/aromatic N) is 2. The second-order valence-corrected chi connectivity index (χ2v) is 5.14. The molecule has 2 aliphatic heterocycles. The number of esters is 1. The molecule has 0 aromatic carbocycles. The summed E-state index contributed by atoms with van der Waals surface area (Å²) in [4.78, 5) is 27.7. The number of hydrogen-bond donors (Lipinski definition) is 0. The van der Waals surface area contributed by atoms with E-state index < -0.39 is 0 Å². The normalized spacial score (nSPS) is 26.7. The first-order valence-electron chi connectivity index (χ1n) is 6.75. The van der Waals surface area contributed by atoms with Crippen LogP contribution in [-0.2, 0) is 14.3 Å². The van der Waals surface area contributed by atoms with Crippen molar-refractivity contribution in [3.63, 3.8) is 0 Å². The first-order chi connectivity index (χ1) is 8.65. The van der Waals surface area contributed by atoms with Crippen molar-refractivity contribution in [1.82, 2.24) is 9.80 Å². The third-order valence-corrected chi connectivity index (χ3v) is 4.14. The molecule has 1 unspecified atom stereocenters. The van der Waals surface area contributed by atoms with Crippen molar-refractivity contribution >= 4 is 11.9 Å². The van der Waals surface area contributed by atoms with Crippen LogP contribution in [-0.4, -0.2) is 61.0 Å². The van der Waals surface area contributed by atoms with Crippen molar-refractivity contribution in [2.24, 2.45) is 5.92 Å². The SMILES string of the molecule is CCN1CCC(N2CC(C(=O)OC)CC2=O)CC1. The molecule has 102 valence electrons. The minimum Gasteiger partial charge on any atom is -0.469 e. The van der Waals surface area contributed by atoms with Crippen LogP contribution in [0.3, 0.4) is 0 Å². The molecular weight excluding hydrogens is 232 g/mol. The first-order valence-corrected chi connectivity index (χ1v) is 6.75. The van der Waals surface area contributed by atoms with Crippen LogP contribution in [0.2, 0.25) is 0 Å². The zero-order valence-corrected chi connectivity index (χ0v) is 11.2. The lowest BCUT2D eigenvalue weighted by Gasteiger charge is -2.36. The minimum atomic E-state index is -0.258. The van der Waals surface area contributed by atoms with Crippen molar-refractivity contribution < 1.29 is 14.3 Å². The molecule has 5 heteroatoms. The molecule has 2 aliphatic rings. The van der Waals surface area contributed by atoms with Crippen LogP contribution in [0.25, 0.3) is 0 Å². The summed E-state index contributed by atoms with van der Waals surface area (Å²) in [6, 6.07) is 0.315. The van der Waals surface area contributed by atoms with E-state index in [2.05, 4.69) is 11.8 Å². The summed E-state index contributed by atoms with van der Waals surface area (Å²) in [6.07, 6.45) is 2.36. The lowest BCUT2D eigenvalue weighted by atomic mass is 10.0. The largest absolute Gasteiger partial charge is 0.469 e. The van der Waals surface area contributed by atoms with Gasteiger partial charge in [-0.3, -0.25) is 9.59 Å². The van der Waals surface area contributed by atoms with Gasteiger partial charge in [-0.25, -0.2) is 0 Å². The highest BCUT2D eigenvalue weighted by Crippen LogP contribution is 2.26. The smallest absolute Gasteiger partial charge is 0.310 e. The molecule has 2 saturated heterocycles. The third-order valence-electron chi connectivity index (χ3n) is 4.14. The number of piperidine rings is 1. The molecule has 0 saturated carbocycles. The number of amides is 1. The summed E-state index contributed by atoms with van der Waals surface area (Å²) >= 11 is 0. The fourth-order valence-corrected chi connectivity index (χ4v) is 2.96. The van der Waals surface area contributed by atoms with Crippen molar-refractivity contribution in [1.29, 1.82) is 0 Å². The monoisotopic (exact) mass is 254 g/mol. The van der Waals surface area contributed by atoms with Crippen molar-refractivity contribution in [2.75, 3.05) is 33.3 Å². The molecule has 1 amide bonds. The Hall–Kier alpha value is -1.10. The van der Waals surface area contributed by atoms with Gasteiger partial charge in [0.05, 0.1) is 13.0 Å². The average Bonchev–Trinajstić information content (AvgIpc) is 2.80. The lowest BCUT2D eigenvalue weighted by Crippen LogP contribution is -2.45. The number of hydrogen-bond acceptors (Lipinski definition) is 4. The molecule has 0 bridgehead atoms. The van der Waals surface area contributed by atoms with Crippen molar-refractivity contribution in [2.45, 2.75) is 32.2 Å². The van der Waals surface area contributed by atoms with Gasteiger partial charge in [0.1, 0.15) is 0 Å². The second kappa shape index (κ2) is 5.69. The molecule has 0 aliphatic carbocycles. The van der Waals surface area contributed by atoms with E-state index in [1.807, 2.05) is 4.90 Å². The molecule has 2 rings (SSSR count). The van der Waals surface area contributed by atoms with Gasteiger partial charge in [-0.1, -0.05) is 6.92 Å². The molecular formula is C13H22N2O3. The highest BCUT2D eigenvalue weighted by molar-refractivity contribution is 5.87. The van der Waals surface area contributed by atoms with Crippen LogP contribution in [0.15, 0.2) is 0 Å². The molecule has 0 spiro atoms. The van der Waals surface area contributed by atoms with Crippen LogP contribution in [0.4, 0.5) is 0 Å². The molecule has 5 nitrogen and oxygen atoms in total. The molecule has 0 aromatic heterocycles. The van der Waals surface area contributed by atoms with E-state index >= 15 is 0 Å². The summed E-state index contributed by atoms with van der Waals surface area (Å²) in [5, 5.41) is 0. The molecule has 2 fully saturated rings. The average molecular weight is 254 g/mol. The van der Waals surface area contributed by atoms with E-state index in [0.717, 1.165) is 32.5 Å². The lowest BCUT2D eigenvalue weighted by molar-refractivity contribution is -0.145. The predicted molar refractivity (Wildman–Crippen MR) is 67.0 cm³/mol. The summed E-state index contributed by atoms with van der Waals surface area (Å²) in [5.41, 5.74) is 0. The Morgan fingerprint density at radius 3 is 2.61 bits per heavy atom. The predicted octanol–water partition coefficient (Wildman–Crippen LogP) is 0.492. The summed E-state index contributed by atoms with van der Waals surface area (Å²) in [6.45, 7) is 5.88. The molecule has 1 atom stereocenters. The van der Waals surface area contributed by atoms with Crippen LogP contribution in [0.1, 0.15) is 26.2 Å². The van der Waals surface area contributed by atoms with Gasteiger partial charge in [0.2, 0.25) is 5.91 Å². The summed E-state index contributed by atoms with van der Waals surface area (Å²) in [7, 11) is 1.38. The van der Waals surface area contributed by atoms with Gasteiger partial charge in [0, 0.05) is 32.1 Å². The van der Waals surface area contributed by atoms with E-state index in [0.29, 0.717) is 19.0 Å². The Bertz CT molecular complexity index is 324. The third kappa shape index (κ3) is 2.66. The molecule has 0 N–H and O–H groups in total. The Morgan fingerprint density at radius 1 is 1.39 bits per heavy atom. The Kier molecular flexibility index (Phi) is 4.22. The van der Waals surface area contributed by atoms with Gasteiger partial charge in [0.25, 0.3) is 0 Å². The van der Waals surface area contributed by atoms with E-state index in [4.69, 9.17) is 4.74 Å². The maximum atomic E-state index is 12.0. The van der Waals surface area contributed by atoms with E-state index in [-0.39, 0.29) is 17.8 Å². The quantitative estimate of drug-likeness (QED) is 0.688. The fraction of sp³-hybridized carbons (Fsp3) is 0.846. The van der Waals surface area contributed by atoms with Crippen molar-refractivity contribution in [3.8, 4) is 0 Å². The number of carbonyl (C=O) groups is 2. The summed E-state index contributed by atoms with van der Waals surface area (Å²) in [5.74, 6) is -0.399. The Labute approximate surface area is 108 Å². The fourth-order valence-electron chi connectivity index (χ4n) is 2.96. The van der Waals surface area contributed by atoms with Gasteiger partial charge in [-0.2, -0.15) is 0 Å². The van der Waals surface area contributed by atoms with Crippen LogP contribution >= 0.6 is 0 Å². The molecule has 2 heterocycles. The van der Waals surface area contributed by atoms with Gasteiger partial charge in [0.15, 0.2) is 0 Å². The minimum absolute atomic E-state index is 0.111. The number of likely N-dealkylation sites (tertiary alicyclic amines) is 2. The zero-order chi connectivity index (χ0) is 13.1. The maximum Gasteiger partial charge on any atom is 0.310 e. The van der Waals surface area contributed by atoms with E-state index in [1.165, 1.54) is 7.11 Å². The van der Waals surface area contributed by atoms with Gasteiger partial charge in [-0.15, -0.1) is 0 Å².